The summed E-state index contributed by atoms with van der Waals surface area (Å²) in [6.07, 6.45) is 1.87. The maximum atomic E-state index is 4.44. The van der Waals surface area contributed by atoms with Crippen molar-refractivity contribution in [1.82, 2.24) is 25.5 Å². The molecule has 3 N–H and O–H groups in total. The summed E-state index contributed by atoms with van der Waals surface area (Å²) < 4.78 is 0. The molecule has 2 aromatic rings. The minimum Gasteiger partial charge on any atom is -0.355 e. The van der Waals surface area contributed by atoms with Gasteiger partial charge in [0.25, 0.3) is 0 Å². The first-order valence-electron chi connectivity index (χ1n) is 9.30. The molecule has 0 atom stereocenters. The van der Waals surface area contributed by atoms with Gasteiger partial charge >= 0.3 is 0 Å². The maximum absolute atomic E-state index is 4.44. The van der Waals surface area contributed by atoms with Crippen LogP contribution in [0.4, 0.5) is 0 Å². The van der Waals surface area contributed by atoms with Crippen LogP contribution < -0.4 is 10.6 Å². The van der Waals surface area contributed by atoms with E-state index in [-0.39, 0.29) is 0 Å². The maximum Gasteiger partial charge on any atom is 0.191 e. The van der Waals surface area contributed by atoms with Crippen LogP contribution in [0.15, 0.2) is 41.5 Å². The number of guanidine groups is 1. The topological polar surface area (TPSA) is 68.3 Å². The van der Waals surface area contributed by atoms with E-state index in [0.717, 1.165) is 36.1 Å². The number of hydrogen-bond donors (Lipinski definition) is 3. The Morgan fingerprint density at radius 2 is 1.81 bits per heavy atom. The van der Waals surface area contributed by atoms with Gasteiger partial charge in [0.2, 0.25) is 0 Å². The van der Waals surface area contributed by atoms with E-state index in [4.69, 9.17) is 0 Å². The van der Waals surface area contributed by atoms with Gasteiger partial charge in [0.1, 0.15) is 5.82 Å². The Bertz CT molecular complexity index is 667. The largest absolute Gasteiger partial charge is 0.355 e. The Hall–Kier alpha value is -2.34. The molecule has 0 spiro atoms. The van der Waals surface area contributed by atoms with Gasteiger partial charge < -0.3 is 15.6 Å². The van der Waals surface area contributed by atoms with Crippen molar-refractivity contribution in [3.05, 3.63) is 42.4 Å². The quantitative estimate of drug-likeness (QED) is 0.502. The van der Waals surface area contributed by atoms with E-state index in [0.29, 0.717) is 18.6 Å². The summed E-state index contributed by atoms with van der Waals surface area (Å²) >= 11 is 0. The third kappa shape index (κ3) is 5.88. The van der Waals surface area contributed by atoms with Gasteiger partial charge in [-0.2, -0.15) is 0 Å². The van der Waals surface area contributed by atoms with E-state index in [1.807, 2.05) is 24.4 Å². The van der Waals surface area contributed by atoms with Gasteiger partial charge in [-0.3, -0.25) is 9.89 Å². The zero-order chi connectivity index (χ0) is 18.9. The fraction of sp³-hybridized carbons (Fsp3) is 0.500. The second kappa shape index (κ2) is 9.97. The summed E-state index contributed by atoms with van der Waals surface area (Å²) in [7, 11) is 1.79. The van der Waals surface area contributed by atoms with Crippen LogP contribution in [0.2, 0.25) is 0 Å². The molecule has 0 aliphatic heterocycles. The molecule has 0 unspecified atom stereocenters. The van der Waals surface area contributed by atoms with E-state index >= 15 is 0 Å². The van der Waals surface area contributed by atoms with Crippen molar-refractivity contribution in [1.29, 1.82) is 0 Å². The number of aliphatic imine (C=N–C) groups is 1. The van der Waals surface area contributed by atoms with E-state index in [1.165, 1.54) is 0 Å². The van der Waals surface area contributed by atoms with E-state index in [9.17, 15) is 0 Å². The fourth-order valence-electron chi connectivity index (χ4n) is 3.02. The van der Waals surface area contributed by atoms with Crippen molar-refractivity contribution < 1.29 is 0 Å². The van der Waals surface area contributed by atoms with E-state index in [1.54, 1.807) is 7.05 Å². The molecule has 1 aromatic heterocycles. The summed E-state index contributed by atoms with van der Waals surface area (Å²) in [6, 6.07) is 11.3. The van der Waals surface area contributed by atoms with Crippen LogP contribution in [0, 0.1) is 0 Å². The van der Waals surface area contributed by atoms with Crippen LogP contribution in [0.25, 0.3) is 11.3 Å². The molecule has 6 heteroatoms. The molecule has 0 bridgehead atoms. The highest BCUT2D eigenvalue weighted by Crippen LogP contribution is 2.15. The van der Waals surface area contributed by atoms with Crippen molar-refractivity contribution in [2.45, 2.75) is 46.3 Å². The molecule has 0 saturated heterocycles. The summed E-state index contributed by atoms with van der Waals surface area (Å²) in [6.45, 7) is 11.4. The zero-order valence-corrected chi connectivity index (χ0v) is 16.6. The molecule has 0 amide bonds. The lowest BCUT2D eigenvalue weighted by atomic mass is 10.2. The lowest BCUT2D eigenvalue weighted by Crippen LogP contribution is -2.45. The van der Waals surface area contributed by atoms with Crippen LogP contribution in [-0.4, -0.2) is 53.0 Å². The summed E-state index contributed by atoms with van der Waals surface area (Å²) in [5.74, 6) is 1.67. The summed E-state index contributed by atoms with van der Waals surface area (Å²) in [5, 5.41) is 6.68. The molecule has 0 fully saturated rings. The van der Waals surface area contributed by atoms with E-state index in [2.05, 4.69) is 70.3 Å². The smallest absolute Gasteiger partial charge is 0.191 e. The van der Waals surface area contributed by atoms with Crippen LogP contribution >= 0.6 is 0 Å². The van der Waals surface area contributed by atoms with Crippen molar-refractivity contribution in [3.63, 3.8) is 0 Å². The zero-order valence-electron chi connectivity index (χ0n) is 16.6. The number of rotatable bonds is 8. The van der Waals surface area contributed by atoms with Crippen molar-refractivity contribution in [2.24, 2.45) is 4.99 Å². The molecule has 2 rings (SSSR count). The third-order valence-electron chi connectivity index (χ3n) is 4.35. The summed E-state index contributed by atoms with van der Waals surface area (Å²) in [4.78, 5) is 14.5. The predicted molar refractivity (Wildman–Crippen MR) is 109 cm³/mol. The number of nitrogens with zero attached hydrogens (tertiary/aromatic N) is 3. The molecule has 1 aromatic carbocycles. The Morgan fingerprint density at radius 3 is 2.42 bits per heavy atom. The van der Waals surface area contributed by atoms with Gasteiger partial charge in [0.15, 0.2) is 5.96 Å². The second-order valence-corrected chi connectivity index (χ2v) is 6.89. The molecule has 1 heterocycles. The fourth-order valence-corrected chi connectivity index (χ4v) is 3.02. The third-order valence-corrected chi connectivity index (χ3v) is 4.35. The molecular weight excluding hydrogens is 324 g/mol. The average Bonchev–Trinajstić information content (AvgIpc) is 3.10. The van der Waals surface area contributed by atoms with Crippen molar-refractivity contribution in [3.8, 4) is 11.3 Å². The van der Waals surface area contributed by atoms with Crippen LogP contribution in [0.5, 0.6) is 0 Å². The Morgan fingerprint density at radius 1 is 1.12 bits per heavy atom. The highest BCUT2D eigenvalue weighted by Gasteiger charge is 2.12. The SMILES string of the molecule is CN=C(NCCN(C(C)C)C(C)C)NCc1ncc(-c2ccccc2)[nH]1. The molecular formula is C20H32N6. The normalized spacial score (nSPS) is 12.2. The van der Waals surface area contributed by atoms with Gasteiger partial charge in [-0.1, -0.05) is 30.3 Å². The average molecular weight is 357 g/mol. The number of aromatic nitrogens is 2. The van der Waals surface area contributed by atoms with Crippen molar-refractivity contribution in [2.75, 3.05) is 20.1 Å². The molecule has 6 nitrogen and oxygen atoms in total. The molecule has 0 saturated carbocycles. The van der Waals surface area contributed by atoms with Gasteiger partial charge in [0.05, 0.1) is 18.4 Å². The molecule has 0 aliphatic carbocycles. The van der Waals surface area contributed by atoms with Crippen molar-refractivity contribution >= 4 is 5.96 Å². The predicted octanol–water partition coefficient (Wildman–Crippen LogP) is 2.86. The number of aromatic amines is 1. The highest BCUT2D eigenvalue weighted by molar-refractivity contribution is 5.79. The number of benzene rings is 1. The van der Waals surface area contributed by atoms with Crippen LogP contribution in [0.1, 0.15) is 33.5 Å². The lowest BCUT2D eigenvalue weighted by Gasteiger charge is -2.30. The van der Waals surface area contributed by atoms with E-state index < -0.39 is 0 Å². The number of nitrogens with one attached hydrogen (secondary N) is 3. The molecule has 0 radical (unpaired) electrons. The first-order valence-corrected chi connectivity index (χ1v) is 9.30. The minimum absolute atomic E-state index is 0.534. The Labute approximate surface area is 157 Å². The Balaban J connectivity index is 1.81. The first-order chi connectivity index (χ1) is 12.5. The van der Waals surface area contributed by atoms with Gasteiger partial charge in [0, 0.05) is 32.2 Å². The first kappa shape index (κ1) is 20.0. The molecule has 142 valence electrons. The molecule has 26 heavy (non-hydrogen) atoms. The minimum atomic E-state index is 0.534. The standard InChI is InChI=1S/C20H32N6/c1-15(2)26(16(3)4)12-11-22-20(21-5)24-14-19-23-13-18(25-19)17-9-7-6-8-10-17/h6-10,13,15-16H,11-12,14H2,1-5H3,(H,23,25)(H2,21,22,24). The lowest BCUT2D eigenvalue weighted by molar-refractivity contribution is 0.178. The number of imidazole rings is 1. The van der Waals surface area contributed by atoms with Crippen LogP contribution in [0.3, 0.4) is 0 Å². The number of H-pyrrole nitrogens is 1. The Kier molecular flexibility index (Phi) is 7.66. The monoisotopic (exact) mass is 356 g/mol. The van der Waals surface area contributed by atoms with Crippen LogP contribution in [-0.2, 0) is 6.54 Å². The molecule has 0 aliphatic rings. The number of hydrogen-bond acceptors (Lipinski definition) is 3. The highest BCUT2D eigenvalue weighted by atomic mass is 15.2. The van der Waals surface area contributed by atoms with Gasteiger partial charge in [-0.15, -0.1) is 0 Å². The van der Waals surface area contributed by atoms with Gasteiger partial charge in [-0.05, 0) is 33.3 Å². The second-order valence-electron chi connectivity index (χ2n) is 6.89. The van der Waals surface area contributed by atoms with Gasteiger partial charge in [-0.25, -0.2) is 4.98 Å². The summed E-state index contributed by atoms with van der Waals surface area (Å²) in [5.41, 5.74) is 2.16.